The Morgan fingerprint density at radius 1 is 1.10 bits per heavy atom. The van der Waals surface area contributed by atoms with Crippen LogP contribution in [0.1, 0.15) is 25.3 Å². The van der Waals surface area contributed by atoms with E-state index in [9.17, 15) is 5.11 Å². The first kappa shape index (κ1) is 20.0. The lowest BCUT2D eigenvalue weighted by molar-refractivity contribution is 0.145. The lowest BCUT2D eigenvalue weighted by Crippen LogP contribution is -2.36. The molecule has 1 N–H and O–H groups in total. The first-order chi connectivity index (χ1) is 14.9. The smallest absolute Gasteiger partial charge is 0.142 e. The number of aliphatic hydroxyl groups is 1. The van der Waals surface area contributed by atoms with Crippen LogP contribution in [-0.2, 0) is 0 Å². The van der Waals surface area contributed by atoms with Gasteiger partial charge in [0.15, 0.2) is 0 Å². The topological polar surface area (TPSA) is 41.9 Å². The molecule has 0 spiro atoms. The molecule has 2 aliphatic heterocycles. The summed E-state index contributed by atoms with van der Waals surface area (Å²) in [6.45, 7) is 3.46. The Labute approximate surface area is 184 Å². The van der Waals surface area contributed by atoms with Gasteiger partial charge in [0.05, 0.1) is 24.4 Å². The van der Waals surface area contributed by atoms with E-state index in [1.807, 2.05) is 25.1 Å². The molecule has 0 aliphatic carbocycles. The predicted molar refractivity (Wildman–Crippen MR) is 127 cm³/mol. The number of hydrogen-bond donors (Lipinski definition) is 1. The standard InChI is InChI=1S/C26H26BNO3/c1-26(27)11-8-18-14-20(17-6-4-3-5-7-17)21-15-23(28-12-9-19(29)10-13-28)24(30-2)16-22(21)25(18)31-26/h3-8,11,14-16,19,29H,9-10,12-13H2,1-2H3. The highest BCUT2D eigenvalue weighted by atomic mass is 16.5. The van der Waals surface area contributed by atoms with E-state index in [1.165, 1.54) is 0 Å². The van der Waals surface area contributed by atoms with Gasteiger partial charge in [-0.2, -0.15) is 0 Å². The summed E-state index contributed by atoms with van der Waals surface area (Å²) in [5.41, 5.74) is 3.48. The average Bonchev–Trinajstić information content (AvgIpc) is 2.78. The van der Waals surface area contributed by atoms with E-state index in [2.05, 4.69) is 47.4 Å². The lowest BCUT2D eigenvalue weighted by atomic mass is 9.80. The molecule has 3 aromatic rings. The third-order valence-electron chi connectivity index (χ3n) is 6.22. The van der Waals surface area contributed by atoms with Crippen LogP contribution in [0, 0.1) is 0 Å². The monoisotopic (exact) mass is 411 g/mol. The van der Waals surface area contributed by atoms with Gasteiger partial charge in [0, 0.05) is 24.0 Å². The van der Waals surface area contributed by atoms with Gasteiger partial charge < -0.3 is 19.5 Å². The molecule has 1 saturated heterocycles. The highest BCUT2D eigenvalue weighted by molar-refractivity contribution is 6.17. The van der Waals surface area contributed by atoms with Crippen molar-refractivity contribution in [3.05, 3.63) is 60.2 Å². The van der Waals surface area contributed by atoms with Crippen molar-refractivity contribution in [1.82, 2.24) is 0 Å². The molecule has 2 radical (unpaired) electrons. The Kier molecular flexibility index (Phi) is 4.94. The molecule has 5 rings (SSSR count). The van der Waals surface area contributed by atoms with E-state index < -0.39 is 5.50 Å². The average molecular weight is 411 g/mol. The van der Waals surface area contributed by atoms with Crippen LogP contribution in [-0.4, -0.2) is 44.8 Å². The van der Waals surface area contributed by atoms with Gasteiger partial charge >= 0.3 is 0 Å². The first-order valence-electron chi connectivity index (χ1n) is 10.8. The first-order valence-corrected chi connectivity index (χ1v) is 10.8. The largest absolute Gasteiger partial charge is 0.495 e. The van der Waals surface area contributed by atoms with Gasteiger partial charge in [0.2, 0.25) is 0 Å². The molecule has 5 heteroatoms. The Morgan fingerprint density at radius 3 is 2.55 bits per heavy atom. The van der Waals surface area contributed by atoms with Crippen molar-refractivity contribution < 1.29 is 14.6 Å². The van der Waals surface area contributed by atoms with Gasteiger partial charge in [-0.3, -0.25) is 0 Å². The molecule has 156 valence electrons. The van der Waals surface area contributed by atoms with Gasteiger partial charge in [-0.05, 0) is 54.5 Å². The number of methoxy groups -OCH3 is 1. The highest BCUT2D eigenvalue weighted by Gasteiger charge is 2.27. The fourth-order valence-corrected chi connectivity index (χ4v) is 4.55. The number of rotatable bonds is 3. The van der Waals surface area contributed by atoms with Crippen LogP contribution in [0.5, 0.6) is 11.5 Å². The predicted octanol–water partition coefficient (Wildman–Crippen LogP) is 4.77. The second kappa shape index (κ2) is 7.65. The van der Waals surface area contributed by atoms with E-state index in [-0.39, 0.29) is 6.10 Å². The van der Waals surface area contributed by atoms with Gasteiger partial charge in [0.1, 0.15) is 19.3 Å². The molecule has 1 fully saturated rings. The maximum Gasteiger partial charge on any atom is 0.142 e. The number of ether oxygens (including phenoxy) is 2. The van der Waals surface area contributed by atoms with Crippen LogP contribution in [0.25, 0.3) is 28.0 Å². The van der Waals surface area contributed by atoms with Crippen molar-refractivity contribution in [3.63, 3.8) is 0 Å². The Morgan fingerprint density at radius 2 is 1.84 bits per heavy atom. The van der Waals surface area contributed by atoms with Crippen LogP contribution in [0.3, 0.4) is 0 Å². The van der Waals surface area contributed by atoms with Crippen LogP contribution >= 0.6 is 0 Å². The molecule has 31 heavy (non-hydrogen) atoms. The molecular weight excluding hydrogens is 385 g/mol. The van der Waals surface area contributed by atoms with Crippen molar-refractivity contribution in [2.75, 3.05) is 25.1 Å². The van der Waals surface area contributed by atoms with Crippen molar-refractivity contribution in [1.29, 1.82) is 0 Å². The summed E-state index contributed by atoms with van der Waals surface area (Å²) in [5.74, 6) is 1.58. The summed E-state index contributed by atoms with van der Waals surface area (Å²) in [4.78, 5) is 2.30. The quantitative estimate of drug-likeness (QED) is 0.631. The third-order valence-corrected chi connectivity index (χ3v) is 6.22. The molecule has 2 aliphatic rings. The molecular formula is C26H26BNO3. The molecule has 2 heterocycles. The zero-order valence-corrected chi connectivity index (χ0v) is 18.0. The molecule has 0 saturated carbocycles. The zero-order valence-electron chi connectivity index (χ0n) is 18.0. The van der Waals surface area contributed by atoms with Crippen molar-refractivity contribution in [2.24, 2.45) is 0 Å². The van der Waals surface area contributed by atoms with E-state index >= 15 is 0 Å². The fraction of sp³-hybridized carbons (Fsp3) is 0.308. The van der Waals surface area contributed by atoms with Crippen LogP contribution in [0.15, 0.2) is 54.6 Å². The number of benzene rings is 3. The molecule has 1 unspecified atom stereocenters. The summed E-state index contributed by atoms with van der Waals surface area (Å²) in [5, 5.41) is 12.0. The number of fused-ring (bicyclic) bond motifs is 3. The molecule has 0 aromatic heterocycles. The van der Waals surface area contributed by atoms with E-state index in [4.69, 9.17) is 17.3 Å². The van der Waals surface area contributed by atoms with E-state index in [1.54, 1.807) is 7.11 Å². The highest BCUT2D eigenvalue weighted by Crippen LogP contribution is 2.46. The number of hydrogen-bond acceptors (Lipinski definition) is 4. The molecule has 1 atom stereocenters. The number of piperidine rings is 1. The van der Waals surface area contributed by atoms with Crippen molar-refractivity contribution >= 4 is 30.4 Å². The lowest BCUT2D eigenvalue weighted by Gasteiger charge is -2.34. The van der Waals surface area contributed by atoms with Crippen LogP contribution < -0.4 is 14.4 Å². The minimum Gasteiger partial charge on any atom is -0.495 e. The number of nitrogens with zero attached hydrogens (tertiary/aromatic N) is 1. The van der Waals surface area contributed by atoms with Crippen molar-refractivity contribution in [2.45, 2.75) is 31.4 Å². The maximum absolute atomic E-state index is 9.95. The normalized spacial score (nSPS) is 21.1. The Bertz CT molecular complexity index is 1150. The van der Waals surface area contributed by atoms with Gasteiger partial charge in [-0.25, -0.2) is 0 Å². The van der Waals surface area contributed by atoms with Gasteiger partial charge in [0.25, 0.3) is 0 Å². The fourth-order valence-electron chi connectivity index (χ4n) is 4.55. The maximum atomic E-state index is 9.95. The molecule has 0 bridgehead atoms. The number of aliphatic hydroxyl groups excluding tert-OH is 1. The Balaban J connectivity index is 1.77. The second-order valence-corrected chi connectivity index (χ2v) is 8.62. The van der Waals surface area contributed by atoms with Gasteiger partial charge in [-0.15, -0.1) is 0 Å². The second-order valence-electron chi connectivity index (χ2n) is 8.62. The SMILES string of the molecule is [B]C1(C)C=Cc2cc(-c3ccccc3)c3cc(N4CCC(O)CC4)c(OC)cc3c2O1. The summed E-state index contributed by atoms with van der Waals surface area (Å²) in [7, 11) is 7.99. The summed E-state index contributed by atoms with van der Waals surface area (Å²) in [6.07, 6.45) is 5.22. The number of anilines is 1. The van der Waals surface area contributed by atoms with Gasteiger partial charge in [-0.1, -0.05) is 42.5 Å². The van der Waals surface area contributed by atoms with Crippen molar-refractivity contribution in [3.8, 4) is 22.6 Å². The summed E-state index contributed by atoms with van der Waals surface area (Å²) < 4.78 is 12.0. The minimum atomic E-state index is -0.858. The van der Waals surface area contributed by atoms with Crippen LogP contribution in [0.2, 0.25) is 0 Å². The van der Waals surface area contributed by atoms with E-state index in [0.717, 1.165) is 70.6 Å². The summed E-state index contributed by atoms with van der Waals surface area (Å²) in [6, 6.07) is 16.8. The molecule has 4 nitrogen and oxygen atoms in total. The molecule has 0 amide bonds. The van der Waals surface area contributed by atoms with Crippen LogP contribution in [0.4, 0.5) is 5.69 Å². The minimum absolute atomic E-state index is 0.225. The van der Waals surface area contributed by atoms with E-state index in [0.29, 0.717) is 0 Å². The third kappa shape index (κ3) is 3.68. The summed E-state index contributed by atoms with van der Waals surface area (Å²) >= 11 is 0. The Hall–Kier alpha value is -2.92. The molecule has 3 aromatic carbocycles. The zero-order chi connectivity index (χ0) is 21.6.